The molecule has 2 heterocycles. The van der Waals surface area contributed by atoms with Crippen LogP contribution in [0.5, 0.6) is 5.75 Å². The van der Waals surface area contributed by atoms with E-state index in [1.54, 1.807) is 4.90 Å². The van der Waals surface area contributed by atoms with E-state index in [4.69, 9.17) is 16.3 Å². The first-order chi connectivity index (χ1) is 15.9. The predicted molar refractivity (Wildman–Crippen MR) is 128 cm³/mol. The topological polar surface area (TPSA) is 72.7 Å². The lowest BCUT2D eigenvalue weighted by Gasteiger charge is -2.42. The second-order valence-corrected chi connectivity index (χ2v) is 8.74. The second-order valence-electron chi connectivity index (χ2n) is 8.33. The van der Waals surface area contributed by atoms with Gasteiger partial charge in [-0.1, -0.05) is 54.1 Å². The molecule has 0 aliphatic carbocycles. The number of nitro groups is 1. The first-order valence-electron chi connectivity index (χ1n) is 10.8. The molecule has 0 atom stereocenters. The van der Waals surface area contributed by atoms with Crippen LogP contribution < -0.4 is 4.74 Å². The summed E-state index contributed by atoms with van der Waals surface area (Å²) in [7, 11) is 0. The first kappa shape index (κ1) is 21.2. The second kappa shape index (κ2) is 8.37. The molecule has 7 heteroatoms. The maximum atomic E-state index is 12.9. The monoisotopic (exact) mass is 460 g/mol. The predicted octanol–water partition coefficient (Wildman–Crippen LogP) is 6.00. The Morgan fingerprint density at radius 3 is 2.48 bits per heavy atom. The van der Waals surface area contributed by atoms with Gasteiger partial charge in [0.05, 0.1) is 4.92 Å². The maximum absolute atomic E-state index is 12.9. The van der Waals surface area contributed by atoms with E-state index in [1.807, 2.05) is 24.3 Å². The summed E-state index contributed by atoms with van der Waals surface area (Å²) in [6.45, 7) is 0.994. The van der Waals surface area contributed by atoms with Crippen LogP contribution in [0.2, 0.25) is 5.02 Å². The Hall–Kier alpha value is -3.64. The molecule has 1 amide bonds. The van der Waals surface area contributed by atoms with Crippen molar-refractivity contribution < 1.29 is 14.5 Å². The Morgan fingerprint density at radius 2 is 1.76 bits per heavy atom. The van der Waals surface area contributed by atoms with Gasteiger partial charge in [0.15, 0.2) is 0 Å². The van der Waals surface area contributed by atoms with Gasteiger partial charge >= 0.3 is 0 Å². The molecule has 0 N–H and O–H groups in total. The minimum absolute atomic E-state index is 0.0176. The van der Waals surface area contributed by atoms with Gasteiger partial charge < -0.3 is 9.64 Å². The number of carbonyl (C=O) groups is 1. The molecule has 0 saturated carbocycles. The number of likely N-dealkylation sites (tertiary alicyclic amines) is 1. The molecule has 166 valence electrons. The fraction of sp³-hybridized carbons (Fsp3) is 0.192. The third kappa shape index (κ3) is 4.10. The summed E-state index contributed by atoms with van der Waals surface area (Å²) in [5.74, 6) is 0.600. The smallest absolute Gasteiger partial charge is 0.288 e. The van der Waals surface area contributed by atoms with Gasteiger partial charge in [-0.25, -0.2) is 0 Å². The number of nitro benzene ring substituents is 1. The van der Waals surface area contributed by atoms with Gasteiger partial charge in [0.1, 0.15) is 16.4 Å². The fourth-order valence-corrected chi connectivity index (χ4v) is 4.59. The highest BCUT2D eigenvalue weighted by Crippen LogP contribution is 2.39. The van der Waals surface area contributed by atoms with Crippen LogP contribution >= 0.6 is 11.6 Å². The van der Waals surface area contributed by atoms with Gasteiger partial charge in [0, 0.05) is 43.1 Å². The van der Waals surface area contributed by atoms with E-state index in [2.05, 4.69) is 36.4 Å². The SMILES string of the molecule is O=C(c1ccc(Cl)c([N+](=O)[O-])c1)N1CCC2(C=Cc3cc(-c4ccccc4)ccc3O2)CC1. The van der Waals surface area contributed by atoms with Crippen molar-refractivity contribution in [1.82, 2.24) is 4.90 Å². The molecule has 3 aromatic rings. The molecule has 2 aliphatic heterocycles. The number of rotatable bonds is 3. The summed E-state index contributed by atoms with van der Waals surface area (Å²) in [5, 5.41) is 11.2. The number of carbonyl (C=O) groups excluding carboxylic acids is 1. The van der Waals surface area contributed by atoms with Crippen LogP contribution in [0.25, 0.3) is 17.2 Å². The van der Waals surface area contributed by atoms with Gasteiger partial charge in [-0.15, -0.1) is 0 Å². The van der Waals surface area contributed by atoms with Crippen molar-refractivity contribution in [3.05, 3.63) is 99.1 Å². The summed E-state index contributed by atoms with van der Waals surface area (Å²) >= 11 is 5.87. The molecule has 1 fully saturated rings. The highest BCUT2D eigenvalue weighted by Gasteiger charge is 2.38. The normalized spacial score (nSPS) is 16.2. The molecule has 0 unspecified atom stereocenters. The zero-order valence-corrected chi connectivity index (χ0v) is 18.5. The van der Waals surface area contributed by atoms with Gasteiger partial charge in [0.2, 0.25) is 0 Å². The molecule has 0 aromatic heterocycles. The van der Waals surface area contributed by atoms with E-state index in [9.17, 15) is 14.9 Å². The van der Waals surface area contributed by atoms with Crippen molar-refractivity contribution in [2.75, 3.05) is 13.1 Å². The molecule has 2 aliphatic rings. The third-order valence-corrected chi connectivity index (χ3v) is 6.60. The van der Waals surface area contributed by atoms with Crippen molar-refractivity contribution in [3.63, 3.8) is 0 Å². The Bertz CT molecular complexity index is 1260. The Labute approximate surface area is 196 Å². The Morgan fingerprint density at radius 1 is 1.00 bits per heavy atom. The van der Waals surface area contributed by atoms with Crippen molar-refractivity contribution in [1.29, 1.82) is 0 Å². The van der Waals surface area contributed by atoms with Crippen molar-refractivity contribution in [2.45, 2.75) is 18.4 Å². The molecule has 1 saturated heterocycles. The summed E-state index contributed by atoms with van der Waals surface area (Å²) in [6, 6.07) is 20.6. The number of halogens is 1. The van der Waals surface area contributed by atoms with Crippen LogP contribution in [0.1, 0.15) is 28.8 Å². The molecular weight excluding hydrogens is 440 g/mol. The van der Waals surface area contributed by atoms with E-state index < -0.39 is 10.5 Å². The average molecular weight is 461 g/mol. The number of nitrogens with zero attached hydrogens (tertiary/aromatic N) is 2. The number of ether oxygens (including phenoxy) is 1. The first-order valence-corrected chi connectivity index (χ1v) is 11.1. The summed E-state index contributed by atoms with van der Waals surface area (Å²) in [6.07, 6.45) is 5.49. The number of hydrogen-bond donors (Lipinski definition) is 0. The van der Waals surface area contributed by atoms with E-state index in [-0.39, 0.29) is 22.2 Å². The Balaban J connectivity index is 1.29. The van der Waals surface area contributed by atoms with Crippen LogP contribution in [0, 0.1) is 10.1 Å². The van der Waals surface area contributed by atoms with Crippen LogP contribution in [-0.2, 0) is 0 Å². The minimum Gasteiger partial charge on any atom is -0.482 e. The number of fused-ring (bicyclic) bond motifs is 1. The van der Waals surface area contributed by atoms with Crippen molar-refractivity contribution >= 4 is 29.3 Å². The average Bonchev–Trinajstić information content (AvgIpc) is 2.84. The van der Waals surface area contributed by atoms with Crippen LogP contribution in [0.15, 0.2) is 72.8 Å². The molecule has 5 rings (SSSR count). The number of benzene rings is 3. The van der Waals surface area contributed by atoms with E-state index >= 15 is 0 Å². The highest BCUT2D eigenvalue weighted by atomic mass is 35.5. The molecule has 6 nitrogen and oxygen atoms in total. The third-order valence-electron chi connectivity index (χ3n) is 6.28. The molecule has 33 heavy (non-hydrogen) atoms. The van der Waals surface area contributed by atoms with Gasteiger partial charge in [-0.05, 0) is 41.5 Å². The van der Waals surface area contributed by atoms with Crippen molar-refractivity contribution in [2.24, 2.45) is 0 Å². The number of piperidine rings is 1. The summed E-state index contributed by atoms with van der Waals surface area (Å²) < 4.78 is 6.42. The lowest BCUT2D eigenvalue weighted by Crippen LogP contribution is -2.49. The molecule has 1 spiro atoms. The van der Waals surface area contributed by atoms with Crippen LogP contribution in [0.4, 0.5) is 5.69 Å². The van der Waals surface area contributed by atoms with Gasteiger partial charge in [-0.3, -0.25) is 14.9 Å². The molecule has 0 radical (unpaired) electrons. The maximum Gasteiger partial charge on any atom is 0.288 e. The Kier molecular flexibility index (Phi) is 5.38. The van der Waals surface area contributed by atoms with Crippen molar-refractivity contribution in [3.8, 4) is 16.9 Å². The molecule has 0 bridgehead atoms. The quantitative estimate of drug-likeness (QED) is 0.355. The standard InChI is InChI=1S/C26H21ClN2O4/c27-22-8-6-21(17-23(22)29(31)32)25(30)28-14-12-26(13-15-28)11-10-20-16-19(7-9-24(20)33-26)18-4-2-1-3-5-18/h1-11,16-17H,12-15H2. The van der Waals surface area contributed by atoms with Crippen LogP contribution in [-0.4, -0.2) is 34.4 Å². The zero-order valence-electron chi connectivity index (χ0n) is 17.7. The van der Waals surface area contributed by atoms with Gasteiger partial charge in [-0.2, -0.15) is 0 Å². The minimum atomic E-state index is -0.578. The highest BCUT2D eigenvalue weighted by molar-refractivity contribution is 6.32. The largest absolute Gasteiger partial charge is 0.482 e. The zero-order chi connectivity index (χ0) is 23.0. The van der Waals surface area contributed by atoms with Crippen LogP contribution in [0.3, 0.4) is 0 Å². The number of amides is 1. The molecule has 3 aromatic carbocycles. The van der Waals surface area contributed by atoms with Gasteiger partial charge in [0.25, 0.3) is 11.6 Å². The lowest BCUT2D eigenvalue weighted by atomic mass is 9.87. The fourth-order valence-electron chi connectivity index (χ4n) is 4.40. The summed E-state index contributed by atoms with van der Waals surface area (Å²) in [5.41, 5.74) is 2.87. The number of hydrogen-bond acceptors (Lipinski definition) is 4. The summed E-state index contributed by atoms with van der Waals surface area (Å²) in [4.78, 5) is 25.2. The molecular formula is C26H21ClN2O4. The van der Waals surface area contributed by atoms with E-state index in [0.29, 0.717) is 25.9 Å². The van der Waals surface area contributed by atoms with E-state index in [1.165, 1.54) is 18.2 Å². The lowest BCUT2D eigenvalue weighted by molar-refractivity contribution is -0.384. The van der Waals surface area contributed by atoms with E-state index in [0.717, 1.165) is 22.4 Å².